The summed E-state index contributed by atoms with van der Waals surface area (Å²) in [5.41, 5.74) is 7.03. The van der Waals surface area contributed by atoms with Gasteiger partial charge in [0, 0.05) is 27.9 Å². The second-order valence-corrected chi connectivity index (χ2v) is 8.42. The summed E-state index contributed by atoms with van der Waals surface area (Å²) in [7, 11) is 0. The first-order chi connectivity index (χ1) is 13.5. The molecule has 4 nitrogen and oxygen atoms in total. The molecule has 2 aromatic heterocycles. The molecule has 1 saturated heterocycles. The number of hydrogen-bond donors (Lipinski definition) is 2. The van der Waals surface area contributed by atoms with Gasteiger partial charge in [-0.2, -0.15) is 0 Å². The van der Waals surface area contributed by atoms with Crippen molar-refractivity contribution in [2.45, 2.75) is 46.5 Å². The number of fused-ring (bicyclic) bond motifs is 1. The molecule has 0 radical (unpaired) electrons. The summed E-state index contributed by atoms with van der Waals surface area (Å²) in [5.74, 6) is 2.05. The first kappa shape index (κ1) is 19.0. The summed E-state index contributed by atoms with van der Waals surface area (Å²) in [6.07, 6.45) is 2.41. The van der Waals surface area contributed by atoms with Gasteiger partial charge < -0.3 is 15.0 Å². The molecule has 148 valence electrons. The summed E-state index contributed by atoms with van der Waals surface area (Å²) in [4.78, 5) is 8.19. The fourth-order valence-electron chi connectivity index (χ4n) is 4.35. The van der Waals surface area contributed by atoms with Gasteiger partial charge in [-0.05, 0) is 87.5 Å². The Kier molecular flexibility index (Phi) is 5.40. The number of aromatic nitrogens is 2. The van der Waals surface area contributed by atoms with Crippen molar-refractivity contribution < 1.29 is 4.74 Å². The maximum absolute atomic E-state index is 6.19. The lowest BCUT2D eigenvalue weighted by atomic mass is 9.96. The number of aryl methyl sites for hydroxylation is 2. The number of nitrogens with one attached hydrogen (secondary N) is 2. The summed E-state index contributed by atoms with van der Waals surface area (Å²) < 4.78 is 6.19. The zero-order chi connectivity index (χ0) is 19.7. The lowest BCUT2D eigenvalue weighted by molar-refractivity contribution is 0.215. The predicted octanol–water partition coefficient (Wildman–Crippen LogP) is 5.35. The number of pyridine rings is 1. The van der Waals surface area contributed by atoms with E-state index < -0.39 is 0 Å². The summed E-state index contributed by atoms with van der Waals surface area (Å²) in [6, 6.07) is 10.8. The van der Waals surface area contributed by atoms with E-state index >= 15 is 0 Å². The molecule has 1 aliphatic rings. The third kappa shape index (κ3) is 3.93. The van der Waals surface area contributed by atoms with E-state index in [4.69, 9.17) is 4.74 Å². The van der Waals surface area contributed by atoms with Crippen LogP contribution >= 0.6 is 0 Å². The normalized spacial score (nSPS) is 15.5. The van der Waals surface area contributed by atoms with Crippen LogP contribution in [0.5, 0.6) is 5.75 Å². The maximum Gasteiger partial charge on any atom is 0.120 e. The molecule has 4 rings (SSSR count). The van der Waals surface area contributed by atoms with Gasteiger partial charge in [-0.25, -0.2) is 0 Å². The van der Waals surface area contributed by atoms with Crippen LogP contribution in [0.3, 0.4) is 0 Å². The van der Waals surface area contributed by atoms with Crippen molar-refractivity contribution in [3.8, 4) is 17.0 Å². The number of nitrogens with zero attached hydrogens (tertiary/aromatic N) is 1. The van der Waals surface area contributed by atoms with Crippen molar-refractivity contribution in [2.75, 3.05) is 19.7 Å². The minimum absolute atomic E-state index is 0.414. The highest BCUT2D eigenvalue weighted by atomic mass is 16.5. The van der Waals surface area contributed by atoms with E-state index in [9.17, 15) is 0 Å². The van der Waals surface area contributed by atoms with Gasteiger partial charge in [-0.15, -0.1) is 0 Å². The Labute approximate surface area is 167 Å². The van der Waals surface area contributed by atoms with Gasteiger partial charge in [0.1, 0.15) is 5.75 Å². The Morgan fingerprint density at radius 3 is 2.46 bits per heavy atom. The Balaban J connectivity index is 1.69. The molecule has 1 aliphatic heterocycles. The van der Waals surface area contributed by atoms with Gasteiger partial charge in [0.25, 0.3) is 0 Å². The number of hydrogen-bond acceptors (Lipinski definition) is 3. The van der Waals surface area contributed by atoms with E-state index in [1.807, 2.05) is 0 Å². The highest BCUT2D eigenvalue weighted by Gasteiger charge is 2.18. The van der Waals surface area contributed by atoms with Crippen LogP contribution in [-0.2, 0) is 0 Å². The van der Waals surface area contributed by atoms with Crippen LogP contribution in [-0.4, -0.2) is 29.7 Å². The molecular formula is C24H31N3O. The monoisotopic (exact) mass is 377 g/mol. The molecule has 28 heavy (non-hydrogen) atoms. The fourth-order valence-corrected chi connectivity index (χ4v) is 4.35. The van der Waals surface area contributed by atoms with Gasteiger partial charge in [0.2, 0.25) is 0 Å². The Hall–Kier alpha value is -2.33. The van der Waals surface area contributed by atoms with E-state index in [2.05, 4.69) is 73.3 Å². The van der Waals surface area contributed by atoms with Crippen molar-refractivity contribution >= 4 is 10.9 Å². The second-order valence-electron chi connectivity index (χ2n) is 8.42. The topological polar surface area (TPSA) is 49.9 Å². The van der Waals surface area contributed by atoms with Gasteiger partial charge >= 0.3 is 0 Å². The van der Waals surface area contributed by atoms with Crippen molar-refractivity contribution in [1.82, 2.24) is 15.3 Å². The number of rotatable bonds is 5. The molecule has 1 aromatic carbocycles. The molecule has 0 unspecified atom stereocenters. The van der Waals surface area contributed by atoms with Gasteiger partial charge in [0.05, 0.1) is 12.3 Å². The average molecular weight is 378 g/mol. The molecule has 0 saturated carbocycles. The lowest BCUT2D eigenvalue weighted by Gasteiger charge is -2.22. The van der Waals surface area contributed by atoms with E-state index in [1.165, 1.54) is 40.6 Å². The summed E-state index contributed by atoms with van der Waals surface area (Å²) in [5, 5.41) is 4.68. The van der Waals surface area contributed by atoms with Crippen LogP contribution in [0.2, 0.25) is 0 Å². The fraction of sp³-hybridized carbons (Fsp3) is 0.458. The Morgan fingerprint density at radius 2 is 1.79 bits per heavy atom. The van der Waals surface area contributed by atoms with Gasteiger partial charge in [-0.1, -0.05) is 13.8 Å². The summed E-state index contributed by atoms with van der Waals surface area (Å²) >= 11 is 0. The molecule has 3 aromatic rings. The zero-order valence-corrected chi connectivity index (χ0v) is 17.4. The molecule has 1 fully saturated rings. The lowest BCUT2D eigenvalue weighted by Crippen LogP contribution is -2.30. The molecule has 0 aliphatic carbocycles. The number of benzene rings is 1. The quantitative estimate of drug-likeness (QED) is 0.630. The number of piperidine rings is 1. The number of H-pyrrole nitrogens is 1. The average Bonchev–Trinajstić information content (AvgIpc) is 3.05. The van der Waals surface area contributed by atoms with Crippen LogP contribution in [0.15, 0.2) is 30.3 Å². The zero-order valence-electron chi connectivity index (χ0n) is 17.4. The Bertz CT molecular complexity index is 947. The maximum atomic E-state index is 6.19. The largest absolute Gasteiger partial charge is 0.493 e. The molecule has 0 atom stereocenters. The van der Waals surface area contributed by atoms with Crippen LogP contribution in [0.25, 0.3) is 22.2 Å². The molecule has 0 spiro atoms. The summed E-state index contributed by atoms with van der Waals surface area (Å²) in [6.45, 7) is 11.7. The standard InChI is InChI=1S/C24H31N3O/c1-15(2)23-21-13-20(28-14-18-7-9-25-10-8-18)5-6-22(21)27-24(23)19-11-16(3)26-17(4)12-19/h5-6,11-13,15,18,25,27H,7-10,14H2,1-4H3. The molecule has 2 N–H and O–H groups in total. The highest BCUT2D eigenvalue weighted by Crippen LogP contribution is 2.37. The van der Waals surface area contributed by atoms with E-state index in [0.717, 1.165) is 36.8 Å². The minimum atomic E-state index is 0.414. The Morgan fingerprint density at radius 1 is 1.07 bits per heavy atom. The molecule has 4 heteroatoms. The van der Waals surface area contributed by atoms with E-state index in [1.54, 1.807) is 0 Å². The molecule has 0 bridgehead atoms. The van der Waals surface area contributed by atoms with Crippen molar-refractivity contribution in [3.05, 3.63) is 47.3 Å². The smallest absolute Gasteiger partial charge is 0.120 e. The van der Waals surface area contributed by atoms with Crippen LogP contribution in [0.4, 0.5) is 0 Å². The molecular weight excluding hydrogens is 346 g/mol. The van der Waals surface area contributed by atoms with Crippen LogP contribution < -0.4 is 10.1 Å². The van der Waals surface area contributed by atoms with Crippen LogP contribution in [0.1, 0.15) is 49.6 Å². The first-order valence-corrected chi connectivity index (χ1v) is 10.5. The third-order valence-corrected chi connectivity index (χ3v) is 5.70. The van der Waals surface area contributed by atoms with Crippen molar-refractivity contribution in [1.29, 1.82) is 0 Å². The predicted molar refractivity (Wildman–Crippen MR) is 116 cm³/mol. The minimum Gasteiger partial charge on any atom is -0.493 e. The van der Waals surface area contributed by atoms with Crippen LogP contribution in [0, 0.1) is 19.8 Å². The SMILES string of the molecule is Cc1cc(-c2[nH]c3ccc(OCC4CCNCC4)cc3c2C(C)C)cc(C)n1. The third-order valence-electron chi connectivity index (χ3n) is 5.70. The number of aromatic amines is 1. The van der Waals surface area contributed by atoms with Gasteiger partial charge in [0.15, 0.2) is 0 Å². The molecule has 0 amide bonds. The van der Waals surface area contributed by atoms with Gasteiger partial charge in [-0.3, -0.25) is 4.98 Å². The highest BCUT2D eigenvalue weighted by molar-refractivity contribution is 5.92. The first-order valence-electron chi connectivity index (χ1n) is 10.5. The second kappa shape index (κ2) is 7.96. The van der Waals surface area contributed by atoms with E-state index in [-0.39, 0.29) is 0 Å². The number of ether oxygens (including phenoxy) is 1. The molecule has 3 heterocycles. The van der Waals surface area contributed by atoms with E-state index in [0.29, 0.717) is 11.8 Å². The van der Waals surface area contributed by atoms with Crippen molar-refractivity contribution in [2.24, 2.45) is 5.92 Å². The van der Waals surface area contributed by atoms with Crippen molar-refractivity contribution in [3.63, 3.8) is 0 Å².